The summed E-state index contributed by atoms with van der Waals surface area (Å²) in [5.74, 6) is -0.163. The van der Waals surface area contributed by atoms with Gasteiger partial charge in [-0.2, -0.15) is 0 Å². The monoisotopic (exact) mass is 486 g/mol. The van der Waals surface area contributed by atoms with E-state index in [0.29, 0.717) is 19.3 Å². The minimum absolute atomic E-state index is 0.0588. The van der Waals surface area contributed by atoms with E-state index in [1.54, 1.807) is 19.1 Å². The molecule has 2 bridgehead atoms. The van der Waals surface area contributed by atoms with Gasteiger partial charge in [0.05, 0.1) is 17.1 Å². The van der Waals surface area contributed by atoms with Crippen molar-refractivity contribution < 1.29 is 34.4 Å². The van der Waals surface area contributed by atoms with E-state index < -0.39 is 39.7 Å². The van der Waals surface area contributed by atoms with Crippen molar-refractivity contribution in [2.45, 2.75) is 108 Å². The molecule has 4 saturated carbocycles. The normalized spacial score (nSPS) is 64.1. The first-order valence-electron chi connectivity index (χ1n) is 13.5. The second-order valence-electron chi connectivity index (χ2n) is 13.9. The fourth-order valence-corrected chi connectivity index (χ4v) is 10.6. The zero-order valence-corrected chi connectivity index (χ0v) is 21.1. The van der Waals surface area contributed by atoms with Crippen LogP contribution in [0.3, 0.4) is 0 Å². The molecule has 2 saturated heterocycles. The van der Waals surface area contributed by atoms with Gasteiger partial charge in [-0.15, -0.1) is 0 Å². The Bertz CT molecular complexity index is 1070. The Labute approximate surface area is 206 Å². The number of hydrogen-bond acceptors (Lipinski definition) is 7. The molecule has 7 aliphatic rings. The van der Waals surface area contributed by atoms with Gasteiger partial charge in [0.2, 0.25) is 0 Å². The Kier molecular flexibility index (Phi) is 4.07. The molecule has 6 fully saturated rings. The highest BCUT2D eigenvalue weighted by Gasteiger charge is 2.81. The van der Waals surface area contributed by atoms with E-state index in [9.17, 15) is 24.9 Å². The van der Waals surface area contributed by atoms with Gasteiger partial charge in [0.25, 0.3) is 0 Å². The molecule has 0 aromatic carbocycles. The van der Waals surface area contributed by atoms with Crippen molar-refractivity contribution in [2.24, 2.45) is 39.9 Å². The van der Waals surface area contributed by atoms with Crippen LogP contribution in [0.15, 0.2) is 12.2 Å². The number of fused-ring (bicyclic) bond motifs is 6. The van der Waals surface area contributed by atoms with Gasteiger partial charge in [0, 0.05) is 11.3 Å². The maximum absolute atomic E-state index is 13.3. The minimum Gasteiger partial charge on any atom is -0.460 e. The van der Waals surface area contributed by atoms with Crippen LogP contribution < -0.4 is 0 Å². The molecule has 0 aromatic heterocycles. The van der Waals surface area contributed by atoms with Crippen LogP contribution in [0.25, 0.3) is 0 Å². The molecule has 192 valence electrons. The zero-order chi connectivity index (χ0) is 25.0. The smallest absolute Gasteiger partial charge is 0.338 e. The summed E-state index contributed by atoms with van der Waals surface area (Å²) in [5, 5.41) is 34.3. The lowest BCUT2D eigenvalue weighted by Crippen LogP contribution is -2.65. The number of hydrogen-bond donors (Lipinski definition) is 3. The largest absolute Gasteiger partial charge is 0.460 e. The van der Waals surface area contributed by atoms with E-state index in [1.165, 1.54) is 0 Å². The molecule has 5 aliphatic carbocycles. The second-order valence-corrected chi connectivity index (χ2v) is 13.9. The van der Waals surface area contributed by atoms with Crippen LogP contribution >= 0.6 is 0 Å². The first-order chi connectivity index (χ1) is 16.3. The number of rotatable bonds is 1. The Morgan fingerprint density at radius 1 is 0.971 bits per heavy atom. The average Bonchev–Trinajstić information content (AvgIpc) is 3.35. The minimum atomic E-state index is -1.55. The summed E-state index contributed by atoms with van der Waals surface area (Å²) in [7, 11) is 0. The third-order valence-electron chi connectivity index (χ3n) is 13.0. The highest BCUT2D eigenvalue weighted by atomic mass is 16.6. The molecule has 7 heteroatoms. The highest BCUT2D eigenvalue weighted by Crippen LogP contribution is 2.74. The van der Waals surface area contributed by atoms with Gasteiger partial charge in [-0.1, -0.05) is 13.8 Å². The molecule has 35 heavy (non-hydrogen) atoms. The van der Waals surface area contributed by atoms with Crippen LogP contribution in [0.5, 0.6) is 0 Å². The molecule has 0 radical (unpaired) electrons. The van der Waals surface area contributed by atoms with Crippen molar-refractivity contribution in [3.05, 3.63) is 12.2 Å². The number of esters is 1. The van der Waals surface area contributed by atoms with Crippen LogP contribution in [0.1, 0.15) is 72.6 Å². The molecular weight excluding hydrogens is 448 g/mol. The van der Waals surface area contributed by atoms with Gasteiger partial charge >= 0.3 is 5.97 Å². The molecule has 13 atom stereocenters. The van der Waals surface area contributed by atoms with Crippen molar-refractivity contribution in [1.29, 1.82) is 0 Å². The van der Waals surface area contributed by atoms with Crippen molar-refractivity contribution in [2.75, 3.05) is 0 Å². The quantitative estimate of drug-likeness (QED) is 0.385. The summed E-state index contributed by atoms with van der Waals surface area (Å²) in [6, 6.07) is 0. The molecule has 3 N–H and O–H groups in total. The fraction of sp³-hybridized carbons (Fsp3) is 0.857. The topological polar surface area (TPSA) is 117 Å². The van der Waals surface area contributed by atoms with Crippen LogP contribution in [0.2, 0.25) is 0 Å². The summed E-state index contributed by atoms with van der Waals surface area (Å²) in [6.45, 7) is 7.72. The van der Waals surface area contributed by atoms with Crippen LogP contribution in [0, 0.1) is 39.9 Å². The summed E-state index contributed by atoms with van der Waals surface area (Å²) in [5.41, 5.74) is -5.08. The van der Waals surface area contributed by atoms with Crippen molar-refractivity contribution in [3.63, 3.8) is 0 Å². The lowest BCUT2D eigenvalue weighted by molar-refractivity contribution is -0.201. The first-order valence-corrected chi connectivity index (χ1v) is 13.5. The molecule has 0 amide bonds. The maximum Gasteiger partial charge on any atom is 0.338 e. The van der Waals surface area contributed by atoms with Gasteiger partial charge in [-0.3, -0.25) is 4.79 Å². The summed E-state index contributed by atoms with van der Waals surface area (Å²) in [4.78, 5) is 26.0. The third kappa shape index (κ3) is 2.23. The van der Waals surface area contributed by atoms with E-state index in [4.69, 9.17) is 9.47 Å². The van der Waals surface area contributed by atoms with Crippen molar-refractivity contribution >= 4 is 11.8 Å². The molecule has 7 rings (SSSR count). The fourth-order valence-electron chi connectivity index (χ4n) is 10.6. The van der Waals surface area contributed by atoms with E-state index in [-0.39, 0.29) is 47.1 Å². The summed E-state index contributed by atoms with van der Waals surface area (Å²) in [6.07, 6.45) is 6.90. The summed E-state index contributed by atoms with van der Waals surface area (Å²) >= 11 is 0. The number of carbonyl (C=O) groups is 2. The molecule has 2 aliphatic heterocycles. The average molecular weight is 487 g/mol. The van der Waals surface area contributed by atoms with Crippen LogP contribution in [0.4, 0.5) is 0 Å². The predicted octanol–water partition coefficient (Wildman–Crippen LogP) is 2.30. The third-order valence-corrected chi connectivity index (χ3v) is 13.0. The summed E-state index contributed by atoms with van der Waals surface area (Å²) < 4.78 is 12.0. The molecule has 0 unspecified atom stereocenters. The lowest BCUT2D eigenvalue weighted by atomic mass is 9.44. The second kappa shape index (κ2) is 6.23. The molecule has 0 aromatic rings. The van der Waals surface area contributed by atoms with Crippen LogP contribution in [-0.4, -0.2) is 62.2 Å². The van der Waals surface area contributed by atoms with Gasteiger partial charge in [-0.05, 0) is 94.1 Å². The van der Waals surface area contributed by atoms with E-state index in [0.717, 1.165) is 25.7 Å². The van der Waals surface area contributed by atoms with Crippen molar-refractivity contribution in [3.8, 4) is 0 Å². The number of allylic oxidation sites excluding steroid dienone is 1. The number of aliphatic hydroxyl groups is 3. The Hall–Kier alpha value is -1.28. The first kappa shape index (κ1) is 22.9. The highest BCUT2D eigenvalue weighted by molar-refractivity contribution is 5.98. The molecule has 7 nitrogen and oxygen atoms in total. The number of ketones is 1. The molecular formula is C28H38O7. The Morgan fingerprint density at radius 3 is 2.43 bits per heavy atom. The lowest BCUT2D eigenvalue weighted by Gasteiger charge is -2.59. The number of carbonyl (C=O) groups excluding carboxylic acids is 2. The van der Waals surface area contributed by atoms with E-state index >= 15 is 0 Å². The standard InChI is InChI=1S/C28H38O7/c1-23-12-17(18(13-23)34-22(31)26(23,4)32)27(33)10-8-15-14-11-21-28(35-21)20(30)6-5-19(29)25(28,3)16(14)7-9-24(15,27)2/h5-6,14-18,20-21,30,32-33H,7-13H2,1-4H3/t14-,15-,16-,17+,18+,20-,21+,23+,24-,25-,26-,27-,28+/m0/s1. The van der Waals surface area contributed by atoms with E-state index in [1.807, 2.05) is 13.8 Å². The SMILES string of the molecule is C[C@@]12C[C@@H]([C@@]3(O)CC[C@H]4[C@@H]5C[C@H]6O[C@]67[C@@H](O)C=CC(=O)[C@]7(C)[C@H]5CC[C@@]43C)[C@@H](C1)OC(=O)[C@]2(C)O. The van der Waals surface area contributed by atoms with Crippen molar-refractivity contribution in [1.82, 2.24) is 0 Å². The van der Waals surface area contributed by atoms with Gasteiger partial charge in [0.1, 0.15) is 17.8 Å². The van der Waals surface area contributed by atoms with E-state index in [2.05, 4.69) is 6.92 Å². The number of epoxide rings is 1. The molecule has 2 heterocycles. The molecule has 1 spiro atoms. The predicted molar refractivity (Wildman–Crippen MR) is 124 cm³/mol. The number of aliphatic hydroxyl groups excluding tert-OH is 1. The number of ether oxygens (including phenoxy) is 2. The maximum atomic E-state index is 13.3. The zero-order valence-electron chi connectivity index (χ0n) is 21.1. The van der Waals surface area contributed by atoms with Gasteiger partial charge in [-0.25, -0.2) is 4.79 Å². The van der Waals surface area contributed by atoms with Crippen LogP contribution in [-0.2, 0) is 19.1 Å². The van der Waals surface area contributed by atoms with Gasteiger partial charge in [0.15, 0.2) is 11.4 Å². The Balaban J connectivity index is 1.24. The van der Waals surface area contributed by atoms with Gasteiger partial charge < -0.3 is 24.8 Å². The Morgan fingerprint density at radius 2 is 1.69 bits per heavy atom.